The first kappa shape index (κ1) is 67.9. The Labute approximate surface area is 538 Å². The van der Waals surface area contributed by atoms with Crippen molar-refractivity contribution in [2.24, 2.45) is 0 Å². The highest BCUT2D eigenvalue weighted by molar-refractivity contribution is 5.89. The minimum atomic E-state index is -2.13. The lowest BCUT2D eigenvalue weighted by molar-refractivity contribution is -0.327. The first-order chi connectivity index (χ1) is 45.2. The zero-order valence-electron chi connectivity index (χ0n) is 52.1. The summed E-state index contributed by atoms with van der Waals surface area (Å²) in [5.41, 5.74) is 1.78. The van der Waals surface area contributed by atoms with Crippen molar-refractivity contribution in [3.63, 3.8) is 0 Å². The number of carbonyl (C=O) groups excluding carboxylic acids is 7. The molecule has 0 amide bonds. The van der Waals surface area contributed by atoms with Gasteiger partial charge in [-0.25, -0.2) is 0 Å². The molecule has 0 aliphatic carbocycles. The number of hydrogen-bond donors (Lipinski definition) is 1. The number of hydrogen-bond acceptors (Lipinski definition) is 25. The molecule has 1 aromatic heterocycles. The van der Waals surface area contributed by atoms with Crippen LogP contribution in [-0.2, 0) is 107 Å². The predicted molar refractivity (Wildman–Crippen MR) is 327 cm³/mol. The Morgan fingerprint density at radius 1 is 0.426 bits per heavy atom. The van der Waals surface area contributed by atoms with Crippen molar-refractivity contribution >= 4 is 52.8 Å². The van der Waals surface area contributed by atoms with Crippen LogP contribution in [0.4, 0.5) is 0 Å². The highest BCUT2D eigenvalue weighted by atomic mass is 16.8. The summed E-state index contributed by atoms with van der Waals surface area (Å²) in [4.78, 5) is 106. The van der Waals surface area contributed by atoms with Gasteiger partial charge in [-0.1, -0.05) is 121 Å². The zero-order valence-corrected chi connectivity index (χ0v) is 52.1. The van der Waals surface area contributed by atoms with Crippen molar-refractivity contribution in [2.45, 2.75) is 136 Å². The summed E-state index contributed by atoms with van der Waals surface area (Å²) in [6.45, 7) is 5.69. The van der Waals surface area contributed by atoms with Gasteiger partial charge in [0.1, 0.15) is 67.7 Å². The third-order valence-corrected chi connectivity index (χ3v) is 14.2. The molecule has 2 saturated heterocycles. The summed E-state index contributed by atoms with van der Waals surface area (Å²) in [5.74, 6) is -8.07. The van der Waals surface area contributed by atoms with Crippen LogP contribution in [0, 0.1) is 0 Å². The van der Waals surface area contributed by atoms with Gasteiger partial charge in [0.15, 0.2) is 54.1 Å². The number of ether oxygens (including phenoxy) is 15. The van der Waals surface area contributed by atoms with E-state index in [-0.39, 0.29) is 60.6 Å². The Hall–Kier alpha value is -10.5. The number of fused-ring (bicyclic) bond motifs is 1. The van der Waals surface area contributed by atoms with Gasteiger partial charge in [0.05, 0.1) is 6.61 Å². The lowest BCUT2D eigenvalue weighted by atomic mass is 9.97. The quantitative estimate of drug-likeness (QED) is 0.0392. The molecule has 3 heterocycles. The molecule has 0 bridgehead atoms. The van der Waals surface area contributed by atoms with Crippen LogP contribution >= 0.6 is 0 Å². The topological polar surface area (TPSA) is 308 Å². The second kappa shape index (κ2) is 31.7. The van der Waals surface area contributed by atoms with Crippen molar-refractivity contribution in [3.05, 3.63) is 178 Å². The minimum absolute atomic E-state index is 0.0139. The van der Waals surface area contributed by atoms with Gasteiger partial charge in [-0.3, -0.25) is 38.4 Å². The molecular formula is C69H68O25. The molecule has 25 nitrogen and oxygen atoms in total. The summed E-state index contributed by atoms with van der Waals surface area (Å²) in [6, 6.07) is 42.4. The van der Waals surface area contributed by atoms with Crippen LogP contribution in [0.15, 0.2) is 155 Å². The van der Waals surface area contributed by atoms with Crippen LogP contribution in [-0.4, -0.2) is 122 Å². The molecule has 9 rings (SSSR count). The van der Waals surface area contributed by atoms with Crippen LogP contribution in [0.3, 0.4) is 0 Å². The molecule has 0 unspecified atom stereocenters. The molecule has 494 valence electrons. The molecule has 25 heteroatoms. The van der Waals surface area contributed by atoms with E-state index in [4.69, 9.17) is 75.5 Å². The van der Waals surface area contributed by atoms with E-state index in [1.807, 2.05) is 121 Å². The fourth-order valence-corrected chi connectivity index (χ4v) is 10.4. The summed E-state index contributed by atoms with van der Waals surface area (Å²) in [6.07, 6.45) is -18.0. The summed E-state index contributed by atoms with van der Waals surface area (Å²) < 4.78 is 97.9. The highest BCUT2D eigenvalue weighted by Crippen LogP contribution is 2.47. The Morgan fingerprint density at radius 2 is 0.819 bits per heavy atom. The van der Waals surface area contributed by atoms with E-state index in [2.05, 4.69) is 0 Å². The zero-order chi connectivity index (χ0) is 67.0. The maximum Gasteiger partial charge on any atom is 0.303 e. The number of esters is 7. The molecule has 1 N–H and O–H groups in total. The van der Waals surface area contributed by atoms with E-state index < -0.39 is 144 Å². The van der Waals surface area contributed by atoms with Crippen molar-refractivity contribution in [3.8, 4) is 45.8 Å². The lowest BCUT2D eigenvalue weighted by Crippen LogP contribution is -2.65. The Morgan fingerprint density at radius 3 is 1.27 bits per heavy atom. The van der Waals surface area contributed by atoms with Gasteiger partial charge >= 0.3 is 41.8 Å². The van der Waals surface area contributed by atoms with Gasteiger partial charge in [-0.2, -0.15) is 0 Å². The van der Waals surface area contributed by atoms with E-state index in [0.717, 1.165) is 70.7 Å². The standard InChI is InChI=1S/C69H68O25/c1-38(70)79-36-55-61(85-39(2)71)64(87-41(4)73)66(89-43(6)75)68(92-55)84-37-56-62(86-40(3)72)65(88-42(5)74)67(90-44(7)76)69(93-56)94-63-58(78)57-51(77)30-50(80-32-45-20-12-8-13-21-45)31-52(57)91-59(63)49-28-53(81-33-46-22-14-9-15-23-46)60(83-35-48-26-18-11-19-27-48)54(29-49)82-34-47-24-16-10-17-25-47/h8-31,55-56,61-62,64-69,77H,32-37H2,1-7H3/t55-,56-,61-,62+,64+,65+,66+,67-,68+,69+/m1/s1. The Bertz CT molecular complexity index is 3790. The molecule has 2 fully saturated rings. The van der Waals surface area contributed by atoms with Crippen molar-refractivity contribution in [1.82, 2.24) is 0 Å². The second-order valence-corrected chi connectivity index (χ2v) is 21.6. The number of rotatable bonds is 26. The monoisotopic (exact) mass is 1300 g/mol. The SMILES string of the molecule is CC(=O)OC[C@H]1O[C@H](OC[C@H]2O[C@@H](Oc3c(-c4cc(OCc5ccccc5)c(OCc5ccccc5)c(OCc5ccccc5)c4)oc4cc(OCc5ccccc5)cc(O)c4c3=O)[C@H](OC(C)=O)[C@@H](OC(C)=O)[C@H]2OC(C)=O)[C@@H](OC(C)=O)[C@@H](OC(C)=O)[C@@H]1OC(C)=O. The van der Waals surface area contributed by atoms with Crippen molar-refractivity contribution < 1.29 is 114 Å². The third-order valence-electron chi connectivity index (χ3n) is 14.2. The molecule has 2 aliphatic rings. The second-order valence-electron chi connectivity index (χ2n) is 21.6. The molecule has 0 spiro atoms. The fourth-order valence-electron chi connectivity index (χ4n) is 10.4. The van der Waals surface area contributed by atoms with E-state index in [9.17, 15) is 38.7 Å². The van der Waals surface area contributed by atoms with Crippen LogP contribution in [0.2, 0.25) is 0 Å². The molecule has 0 radical (unpaired) electrons. The predicted octanol–water partition coefficient (Wildman–Crippen LogP) is 8.48. The molecular weight excluding hydrogens is 1230 g/mol. The Kier molecular flexibility index (Phi) is 22.9. The average molecular weight is 1300 g/mol. The van der Waals surface area contributed by atoms with Crippen molar-refractivity contribution in [1.29, 1.82) is 0 Å². The number of carbonyl (C=O) groups is 7. The van der Waals surface area contributed by atoms with Gasteiger partial charge in [-0.15, -0.1) is 0 Å². The number of benzene rings is 6. The average Bonchev–Trinajstić information content (AvgIpc) is 0.758. The number of aromatic hydroxyl groups is 1. The molecule has 2 aliphatic heterocycles. The van der Waals surface area contributed by atoms with Crippen LogP contribution < -0.4 is 29.1 Å². The van der Waals surface area contributed by atoms with Gasteiger partial charge in [0.2, 0.25) is 29.3 Å². The first-order valence-corrected chi connectivity index (χ1v) is 29.6. The maximum absolute atomic E-state index is 15.7. The van der Waals surface area contributed by atoms with Gasteiger partial charge in [0.25, 0.3) is 0 Å². The fraction of sp³-hybridized carbons (Fsp3) is 0.333. The van der Waals surface area contributed by atoms with Crippen molar-refractivity contribution in [2.75, 3.05) is 13.2 Å². The summed E-state index contributed by atoms with van der Waals surface area (Å²) in [5, 5.41) is 11.5. The number of phenols is 1. The summed E-state index contributed by atoms with van der Waals surface area (Å²) in [7, 11) is 0. The normalized spacial score (nSPS) is 20.7. The van der Waals surface area contributed by atoms with E-state index >= 15 is 4.79 Å². The van der Waals surface area contributed by atoms with Crippen LogP contribution in [0.5, 0.6) is 34.5 Å². The molecule has 6 aromatic carbocycles. The molecule has 0 saturated carbocycles. The van der Waals surface area contributed by atoms with Gasteiger partial charge < -0.3 is 80.6 Å². The van der Waals surface area contributed by atoms with Gasteiger partial charge in [0, 0.05) is 66.2 Å². The van der Waals surface area contributed by atoms with Crippen LogP contribution in [0.25, 0.3) is 22.3 Å². The maximum atomic E-state index is 15.7. The third kappa shape index (κ3) is 18.0. The van der Waals surface area contributed by atoms with Crippen LogP contribution in [0.1, 0.15) is 70.7 Å². The van der Waals surface area contributed by atoms with E-state index in [0.29, 0.717) is 0 Å². The smallest absolute Gasteiger partial charge is 0.303 e. The van der Waals surface area contributed by atoms with Gasteiger partial charge in [-0.05, 0) is 34.4 Å². The minimum Gasteiger partial charge on any atom is -0.507 e. The molecule has 94 heavy (non-hydrogen) atoms. The summed E-state index contributed by atoms with van der Waals surface area (Å²) >= 11 is 0. The van der Waals surface area contributed by atoms with E-state index in [1.54, 1.807) is 0 Å². The first-order valence-electron chi connectivity index (χ1n) is 29.6. The number of phenolic OH excluding ortho intramolecular Hbond substituents is 1. The van der Waals surface area contributed by atoms with E-state index in [1.165, 1.54) is 24.3 Å². The molecule has 7 aromatic rings. The molecule has 10 atom stereocenters. The largest absolute Gasteiger partial charge is 0.507 e. The Balaban J connectivity index is 1.22. The lowest BCUT2D eigenvalue weighted by Gasteiger charge is -2.46. The highest BCUT2D eigenvalue weighted by Gasteiger charge is 2.56.